The van der Waals surface area contributed by atoms with Gasteiger partial charge in [-0.25, -0.2) is 0 Å². The Labute approximate surface area is 108 Å². The molecule has 0 radical (unpaired) electrons. The SMILES string of the molecule is CC(=O)N1CCC(NC(=O)CNCC2CC2)CC1. The van der Waals surface area contributed by atoms with Crippen LogP contribution in [0.15, 0.2) is 0 Å². The minimum absolute atomic E-state index is 0.0805. The molecular weight excluding hydrogens is 230 g/mol. The normalized spacial score (nSPS) is 20.8. The van der Waals surface area contributed by atoms with E-state index in [0.717, 1.165) is 38.4 Å². The highest BCUT2D eigenvalue weighted by Crippen LogP contribution is 2.27. The zero-order valence-corrected chi connectivity index (χ0v) is 11.1. The van der Waals surface area contributed by atoms with Crippen LogP contribution in [0.2, 0.25) is 0 Å². The molecule has 1 saturated carbocycles. The Balaban J connectivity index is 1.58. The van der Waals surface area contributed by atoms with E-state index < -0.39 is 0 Å². The van der Waals surface area contributed by atoms with Gasteiger partial charge in [0.05, 0.1) is 6.54 Å². The van der Waals surface area contributed by atoms with Crippen LogP contribution in [0.1, 0.15) is 32.6 Å². The summed E-state index contributed by atoms with van der Waals surface area (Å²) >= 11 is 0. The van der Waals surface area contributed by atoms with Gasteiger partial charge in [-0.3, -0.25) is 9.59 Å². The van der Waals surface area contributed by atoms with Crippen LogP contribution >= 0.6 is 0 Å². The number of piperidine rings is 1. The molecule has 0 bridgehead atoms. The molecule has 5 nitrogen and oxygen atoms in total. The van der Waals surface area contributed by atoms with Crippen LogP contribution in [0.3, 0.4) is 0 Å². The number of rotatable bonds is 5. The van der Waals surface area contributed by atoms with Crippen LogP contribution in [0.4, 0.5) is 0 Å². The predicted octanol–water partition coefficient (Wildman–Crippen LogP) is 0.113. The molecule has 2 amide bonds. The molecule has 0 aromatic rings. The smallest absolute Gasteiger partial charge is 0.234 e. The molecule has 18 heavy (non-hydrogen) atoms. The fourth-order valence-corrected chi connectivity index (χ4v) is 2.33. The second-order valence-corrected chi connectivity index (χ2v) is 5.42. The molecule has 1 saturated heterocycles. The van der Waals surface area contributed by atoms with E-state index >= 15 is 0 Å². The Morgan fingerprint density at radius 3 is 2.39 bits per heavy atom. The van der Waals surface area contributed by atoms with E-state index in [9.17, 15) is 9.59 Å². The van der Waals surface area contributed by atoms with Crippen molar-refractivity contribution in [3.05, 3.63) is 0 Å². The third-order valence-electron chi connectivity index (χ3n) is 3.72. The van der Waals surface area contributed by atoms with E-state index in [0.29, 0.717) is 6.54 Å². The third kappa shape index (κ3) is 4.29. The summed E-state index contributed by atoms with van der Waals surface area (Å²) in [5.74, 6) is 1.01. The first kappa shape index (κ1) is 13.3. The average Bonchev–Trinajstić information content (AvgIpc) is 3.13. The Bertz CT molecular complexity index is 307. The molecule has 1 aliphatic carbocycles. The lowest BCUT2D eigenvalue weighted by Gasteiger charge is -2.31. The van der Waals surface area contributed by atoms with Gasteiger partial charge in [0, 0.05) is 26.1 Å². The molecule has 0 aromatic heterocycles. The molecule has 0 atom stereocenters. The number of likely N-dealkylation sites (tertiary alicyclic amines) is 1. The summed E-state index contributed by atoms with van der Waals surface area (Å²) in [6.07, 6.45) is 4.35. The lowest BCUT2D eigenvalue weighted by Crippen LogP contribution is -2.47. The van der Waals surface area contributed by atoms with Gasteiger partial charge in [0.2, 0.25) is 11.8 Å². The van der Waals surface area contributed by atoms with E-state index in [-0.39, 0.29) is 17.9 Å². The Hall–Kier alpha value is -1.10. The first-order valence-corrected chi connectivity index (χ1v) is 6.90. The molecule has 0 aromatic carbocycles. The van der Waals surface area contributed by atoms with Gasteiger partial charge in [0.25, 0.3) is 0 Å². The summed E-state index contributed by atoms with van der Waals surface area (Å²) in [6.45, 7) is 4.51. The van der Waals surface area contributed by atoms with Crippen molar-refractivity contribution >= 4 is 11.8 Å². The van der Waals surface area contributed by atoms with Gasteiger partial charge in [-0.15, -0.1) is 0 Å². The maximum absolute atomic E-state index is 11.7. The number of nitrogens with one attached hydrogen (secondary N) is 2. The van der Waals surface area contributed by atoms with Gasteiger partial charge in [-0.05, 0) is 38.1 Å². The number of hydrogen-bond donors (Lipinski definition) is 2. The molecule has 0 unspecified atom stereocenters. The largest absolute Gasteiger partial charge is 0.352 e. The van der Waals surface area contributed by atoms with E-state index in [4.69, 9.17) is 0 Å². The van der Waals surface area contributed by atoms with Gasteiger partial charge in [-0.1, -0.05) is 0 Å². The van der Waals surface area contributed by atoms with Crippen molar-refractivity contribution in [2.45, 2.75) is 38.6 Å². The molecule has 0 spiro atoms. The van der Waals surface area contributed by atoms with E-state index in [1.807, 2.05) is 4.90 Å². The lowest BCUT2D eigenvalue weighted by molar-refractivity contribution is -0.130. The fourth-order valence-electron chi connectivity index (χ4n) is 2.33. The van der Waals surface area contributed by atoms with Crippen molar-refractivity contribution in [2.24, 2.45) is 5.92 Å². The van der Waals surface area contributed by atoms with Crippen LogP contribution < -0.4 is 10.6 Å². The molecule has 2 rings (SSSR count). The molecule has 2 N–H and O–H groups in total. The minimum Gasteiger partial charge on any atom is -0.352 e. The van der Waals surface area contributed by atoms with E-state index in [1.54, 1.807) is 6.92 Å². The third-order valence-corrected chi connectivity index (χ3v) is 3.72. The van der Waals surface area contributed by atoms with E-state index in [2.05, 4.69) is 10.6 Å². The van der Waals surface area contributed by atoms with Crippen molar-refractivity contribution in [2.75, 3.05) is 26.2 Å². The van der Waals surface area contributed by atoms with Crippen molar-refractivity contribution in [3.63, 3.8) is 0 Å². The summed E-state index contributed by atoms with van der Waals surface area (Å²) in [4.78, 5) is 24.7. The van der Waals surface area contributed by atoms with E-state index in [1.165, 1.54) is 12.8 Å². The Morgan fingerprint density at radius 2 is 1.83 bits per heavy atom. The quantitative estimate of drug-likeness (QED) is 0.731. The number of nitrogens with zero attached hydrogens (tertiary/aromatic N) is 1. The van der Waals surface area contributed by atoms with Crippen LogP contribution in [0.25, 0.3) is 0 Å². The van der Waals surface area contributed by atoms with Crippen LogP contribution in [-0.2, 0) is 9.59 Å². The predicted molar refractivity (Wildman–Crippen MR) is 69.0 cm³/mol. The topological polar surface area (TPSA) is 61.4 Å². The van der Waals surface area contributed by atoms with Gasteiger partial charge in [0.15, 0.2) is 0 Å². The fraction of sp³-hybridized carbons (Fsp3) is 0.846. The summed E-state index contributed by atoms with van der Waals surface area (Å²) in [6, 6.07) is 0.232. The highest BCUT2D eigenvalue weighted by Gasteiger charge is 2.23. The van der Waals surface area contributed by atoms with Crippen molar-refractivity contribution in [3.8, 4) is 0 Å². The number of hydrogen-bond acceptors (Lipinski definition) is 3. The minimum atomic E-state index is 0.0805. The molecule has 2 fully saturated rings. The molecule has 102 valence electrons. The van der Waals surface area contributed by atoms with Crippen molar-refractivity contribution in [1.82, 2.24) is 15.5 Å². The highest BCUT2D eigenvalue weighted by molar-refractivity contribution is 5.78. The van der Waals surface area contributed by atoms with Gasteiger partial charge >= 0.3 is 0 Å². The van der Waals surface area contributed by atoms with Gasteiger partial charge < -0.3 is 15.5 Å². The zero-order chi connectivity index (χ0) is 13.0. The lowest BCUT2D eigenvalue weighted by atomic mass is 10.1. The maximum Gasteiger partial charge on any atom is 0.234 e. The molecule has 5 heteroatoms. The molecule has 1 heterocycles. The standard InChI is InChI=1S/C13H23N3O2/c1-10(17)16-6-4-12(5-7-16)15-13(18)9-14-8-11-2-3-11/h11-12,14H,2-9H2,1H3,(H,15,18). The van der Waals surface area contributed by atoms with Crippen LogP contribution in [0.5, 0.6) is 0 Å². The monoisotopic (exact) mass is 253 g/mol. The Kier molecular flexibility index (Phi) is 4.58. The van der Waals surface area contributed by atoms with Crippen LogP contribution in [0, 0.1) is 5.92 Å². The first-order chi connectivity index (χ1) is 8.65. The molecular formula is C13H23N3O2. The second-order valence-electron chi connectivity index (χ2n) is 5.42. The van der Waals surface area contributed by atoms with Gasteiger partial charge in [-0.2, -0.15) is 0 Å². The summed E-state index contributed by atoms with van der Waals surface area (Å²) in [5.41, 5.74) is 0. The molecule has 1 aliphatic heterocycles. The number of carbonyl (C=O) groups is 2. The second kappa shape index (κ2) is 6.18. The van der Waals surface area contributed by atoms with Gasteiger partial charge in [0.1, 0.15) is 0 Å². The highest BCUT2D eigenvalue weighted by atomic mass is 16.2. The Morgan fingerprint density at radius 1 is 1.17 bits per heavy atom. The summed E-state index contributed by atoms with van der Waals surface area (Å²) < 4.78 is 0. The number of amides is 2. The van der Waals surface area contributed by atoms with Crippen LogP contribution in [-0.4, -0.2) is 48.9 Å². The molecule has 2 aliphatic rings. The average molecular weight is 253 g/mol. The zero-order valence-electron chi connectivity index (χ0n) is 11.1. The summed E-state index contributed by atoms with van der Waals surface area (Å²) in [5, 5.41) is 6.22. The first-order valence-electron chi connectivity index (χ1n) is 6.90. The maximum atomic E-state index is 11.7. The van der Waals surface area contributed by atoms with Crippen molar-refractivity contribution in [1.29, 1.82) is 0 Å². The van der Waals surface area contributed by atoms with Crippen molar-refractivity contribution < 1.29 is 9.59 Å². The number of carbonyl (C=O) groups excluding carboxylic acids is 2. The summed E-state index contributed by atoms with van der Waals surface area (Å²) in [7, 11) is 0.